The second kappa shape index (κ2) is 5.97. The van der Waals surface area contributed by atoms with Gasteiger partial charge in [0.05, 0.1) is 5.41 Å². The number of hydrogen-bond donors (Lipinski definition) is 1. The van der Waals surface area contributed by atoms with Crippen LogP contribution in [0.15, 0.2) is 84.9 Å². The molecule has 24 heavy (non-hydrogen) atoms. The Kier molecular flexibility index (Phi) is 3.66. The summed E-state index contributed by atoms with van der Waals surface area (Å²) < 4.78 is 0. The van der Waals surface area contributed by atoms with E-state index in [-0.39, 0.29) is 11.3 Å². The topological polar surface area (TPSA) is 29.1 Å². The van der Waals surface area contributed by atoms with Crippen molar-refractivity contribution in [1.29, 1.82) is 0 Å². The van der Waals surface area contributed by atoms with E-state index in [1.54, 1.807) is 0 Å². The minimum atomic E-state index is -0.334. The molecule has 0 aromatic heterocycles. The van der Waals surface area contributed by atoms with Crippen molar-refractivity contribution in [2.45, 2.75) is 18.3 Å². The Morgan fingerprint density at radius 2 is 1.25 bits per heavy atom. The van der Waals surface area contributed by atoms with Crippen LogP contribution in [0.1, 0.15) is 18.4 Å². The molecule has 0 aliphatic heterocycles. The Bertz CT molecular complexity index is 834. The zero-order valence-corrected chi connectivity index (χ0v) is 13.4. The van der Waals surface area contributed by atoms with Crippen molar-refractivity contribution < 1.29 is 4.79 Å². The highest BCUT2D eigenvalue weighted by Crippen LogP contribution is 2.48. The zero-order chi connectivity index (χ0) is 16.4. The van der Waals surface area contributed by atoms with Gasteiger partial charge in [-0.15, -0.1) is 0 Å². The first kappa shape index (κ1) is 14.7. The van der Waals surface area contributed by atoms with Gasteiger partial charge in [-0.1, -0.05) is 72.8 Å². The zero-order valence-electron chi connectivity index (χ0n) is 13.4. The van der Waals surface area contributed by atoms with E-state index in [1.165, 1.54) is 5.56 Å². The molecule has 0 radical (unpaired) electrons. The average Bonchev–Trinajstić information content (AvgIpc) is 3.46. The number of rotatable bonds is 4. The van der Waals surface area contributed by atoms with Crippen molar-refractivity contribution in [3.05, 3.63) is 90.5 Å². The minimum Gasteiger partial charge on any atom is -0.325 e. The quantitative estimate of drug-likeness (QED) is 0.719. The molecule has 2 heteroatoms. The molecule has 0 bridgehead atoms. The van der Waals surface area contributed by atoms with E-state index >= 15 is 0 Å². The lowest BCUT2D eigenvalue weighted by atomic mass is 9.95. The monoisotopic (exact) mass is 313 g/mol. The fourth-order valence-electron chi connectivity index (χ4n) is 3.16. The lowest BCUT2D eigenvalue weighted by Gasteiger charge is -2.16. The van der Waals surface area contributed by atoms with Gasteiger partial charge in [0.1, 0.15) is 0 Å². The van der Waals surface area contributed by atoms with Gasteiger partial charge in [0.25, 0.3) is 0 Å². The summed E-state index contributed by atoms with van der Waals surface area (Å²) in [7, 11) is 0. The van der Waals surface area contributed by atoms with Crippen LogP contribution < -0.4 is 5.32 Å². The molecule has 3 aromatic carbocycles. The Morgan fingerprint density at radius 1 is 0.708 bits per heavy atom. The van der Waals surface area contributed by atoms with Crippen LogP contribution in [0.3, 0.4) is 0 Å². The van der Waals surface area contributed by atoms with Crippen molar-refractivity contribution in [1.82, 2.24) is 0 Å². The Morgan fingerprint density at radius 3 is 1.83 bits per heavy atom. The molecule has 3 aromatic rings. The normalized spacial score (nSPS) is 14.8. The lowest BCUT2D eigenvalue weighted by Crippen LogP contribution is -2.27. The van der Waals surface area contributed by atoms with E-state index in [0.29, 0.717) is 0 Å². The van der Waals surface area contributed by atoms with Crippen LogP contribution in [0.4, 0.5) is 5.69 Å². The molecule has 1 N–H and O–H groups in total. The van der Waals surface area contributed by atoms with Crippen LogP contribution in [0.5, 0.6) is 0 Å². The van der Waals surface area contributed by atoms with Gasteiger partial charge in [0.15, 0.2) is 0 Å². The van der Waals surface area contributed by atoms with Crippen molar-refractivity contribution in [2.75, 3.05) is 5.32 Å². The van der Waals surface area contributed by atoms with Gasteiger partial charge in [-0.05, 0) is 41.7 Å². The molecular formula is C22H19NO. The standard InChI is InChI=1S/C22H19NO/c24-21(22(15-16-22)19-9-5-2-6-10-19)23-20-13-11-18(12-14-20)17-7-3-1-4-8-17/h1-14H,15-16H2,(H,23,24). The Hall–Kier alpha value is -2.87. The predicted octanol–water partition coefficient (Wildman–Crippen LogP) is 5.02. The molecule has 1 fully saturated rings. The van der Waals surface area contributed by atoms with E-state index in [2.05, 4.69) is 17.4 Å². The molecule has 1 amide bonds. The third-order valence-electron chi connectivity index (χ3n) is 4.76. The maximum Gasteiger partial charge on any atom is 0.235 e. The summed E-state index contributed by atoms with van der Waals surface area (Å²) >= 11 is 0. The number of nitrogens with one attached hydrogen (secondary N) is 1. The molecule has 0 unspecified atom stereocenters. The molecule has 2 nitrogen and oxygen atoms in total. The van der Waals surface area contributed by atoms with Crippen LogP contribution in [0.2, 0.25) is 0 Å². The lowest BCUT2D eigenvalue weighted by molar-refractivity contribution is -0.118. The predicted molar refractivity (Wildman–Crippen MR) is 97.9 cm³/mol. The van der Waals surface area contributed by atoms with Crippen molar-refractivity contribution in [3.8, 4) is 11.1 Å². The fourth-order valence-corrected chi connectivity index (χ4v) is 3.16. The van der Waals surface area contributed by atoms with Crippen LogP contribution in [-0.4, -0.2) is 5.91 Å². The number of hydrogen-bond acceptors (Lipinski definition) is 1. The summed E-state index contributed by atoms with van der Waals surface area (Å²) in [6, 6.07) is 28.4. The maximum absolute atomic E-state index is 12.7. The number of benzene rings is 3. The third kappa shape index (κ3) is 2.71. The van der Waals surface area contributed by atoms with E-state index in [0.717, 1.165) is 29.7 Å². The summed E-state index contributed by atoms with van der Waals surface area (Å²) in [5, 5.41) is 3.08. The van der Waals surface area contributed by atoms with E-state index in [9.17, 15) is 4.79 Å². The van der Waals surface area contributed by atoms with Gasteiger partial charge in [-0.3, -0.25) is 4.79 Å². The summed E-state index contributed by atoms with van der Waals surface area (Å²) in [6.07, 6.45) is 1.84. The van der Waals surface area contributed by atoms with Crippen molar-refractivity contribution in [2.24, 2.45) is 0 Å². The van der Waals surface area contributed by atoms with Crippen LogP contribution >= 0.6 is 0 Å². The van der Waals surface area contributed by atoms with Gasteiger partial charge in [-0.2, -0.15) is 0 Å². The largest absolute Gasteiger partial charge is 0.325 e. The van der Waals surface area contributed by atoms with Crippen molar-refractivity contribution in [3.63, 3.8) is 0 Å². The molecule has 0 atom stereocenters. The molecule has 0 spiro atoms. The van der Waals surface area contributed by atoms with Crippen molar-refractivity contribution >= 4 is 11.6 Å². The first-order chi connectivity index (χ1) is 11.8. The minimum absolute atomic E-state index is 0.0983. The molecule has 0 saturated heterocycles. The second-order valence-corrected chi connectivity index (χ2v) is 6.35. The molecule has 118 valence electrons. The molecule has 4 rings (SSSR count). The van der Waals surface area contributed by atoms with Gasteiger partial charge < -0.3 is 5.32 Å². The summed E-state index contributed by atoms with van der Waals surface area (Å²) in [5.74, 6) is 0.0983. The summed E-state index contributed by atoms with van der Waals surface area (Å²) in [4.78, 5) is 12.7. The molecule has 1 saturated carbocycles. The first-order valence-electron chi connectivity index (χ1n) is 8.30. The smallest absolute Gasteiger partial charge is 0.235 e. The average molecular weight is 313 g/mol. The van der Waals surface area contributed by atoms with Gasteiger partial charge in [0, 0.05) is 5.69 Å². The van der Waals surface area contributed by atoms with Gasteiger partial charge >= 0.3 is 0 Å². The second-order valence-electron chi connectivity index (χ2n) is 6.35. The van der Waals surface area contributed by atoms with E-state index in [1.807, 2.05) is 72.8 Å². The highest BCUT2D eigenvalue weighted by atomic mass is 16.2. The Balaban J connectivity index is 1.51. The summed E-state index contributed by atoms with van der Waals surface area (Å²) in [6.45, 7) is 0. The summed E-state index contributed by atoms with van der Waals surface area (Å²) in [5.41, 5.74) is 3.96. The maximum atomic E-state index is 12.7. The van der Waals surface area contributed by atoms with E-state index in [4.69, 9.17) is 0 Å². The van der Waals surface area contributed by atoms with Gasteiger partial charge in [-0.25, -0.2) is 0 Å². The third-order valence-corrected chi connectivity index (χ3v) is 4.76. The molecular weight excluding hydrogens is 294 g/mol. The van der Waals surface area contributed by atoms with E-state index < -0.39 is 0 Å². The first-order valence-corrected chi connectivity index (χ1v) is 8.30. The molecule has 1 aliphatic carbocycles. The number of carbonyl (C=O) groups is 1. The van der Waals surface area contributed by atoms with Crippen LogP contribution in [0, 0.1) is 0 Å². The number of carbonyl (C=O) groups excluding carboxylic acids is 1. The highest BCUT2D eigenvalue weighted by molar-refractivity contribution is 6.01. The Labute approximate surface area is 142 Å². The fraction of sp³-hybridized carbons (Fsp3) is 0.136. The van der Waals surface area contributed by atoms with Crippen LogP contribution in [-0.2, 0) is 10.2 Å². The molecule has 0 heterocycles. The van der Waals surface area contributed by atoms with Gasteiger partial charge in [0.2, 0.25) is 5.91 Å². The SMILES string of the molecule is O=C(Nc1ccc(-c2ccccc2)cc1)C1(c2ccccc2)CC1. The van der Waals surface area contributed by atoms with Crippen LogP contribution in [0.25, 0.3) is 11.1 Å². The number of amides is 1. The molecule has 1 aliphatic rings. The number of anilines is 1. The highest BCUT2D eigenvalue weighted by Gasteiger charge is 2.51.